The van der Waals surface area contributed by atoms with Crippen molar-refractivity contribution in [2.45, 2.75) is 18.4 Å². The predicted octanol–water partition coefficient (Wildman–Crippen LogP) is -1.17. The molecule has 0 aromatic carbocycles. The van der Waals surface area contributed by atoms with Crippen molar-refractivity contribution in [3.05, 3.63) is 0 Å². The van der Waals surface area contributed by atoms with E-state index >= 15 is 0 Å². The highest BCUT2D eigenvalue weighted by Gasteiger charge is 2.38. The Kier molecular flexibility index (Phi) is 13.8. The summed E-state index contributed by atoms with van der Waals surface area (Å²) < 4.78 is 67.8. The minimum absolute atomic E-state index is 0.0486. The van der Waals surface area contributed by atoms with Crippen molar-refractivity contribution in [3.8, 4) is 0 Å². The highest BCUT2D eigenvalue weighted by molar-refractivity contribution is 5.85. The molecule has 0 rings (SSSR count). The monoisotopic (exact) mass is 403 g/mol. The van der Waals surface area contributed by atoms with Crippen LogP contribution in [-0.2, 0) is 23.9 Å². The van der Waals surface area contributed by atoms with Gasteiger partial charge in [0.15, 0.2) is 0 Å². The molecule has 26 heavy (non-hydrogen) atoms. The Balaban J connectivity index is -0.000000326. The van der Waals surface area contributed by atoms with E-state index in [2.05, 4.69) is 10.1 Å². The van der Waals surface area contributed by atoms with Crippen molar-refractivity contribution in [1.29, 1.82) is 0 Å². The van der Waals surface area contributed by atoms with Crippen LogP contribution >= 0.6 is 0 Å². The minimum Gasteiger partial charge on any atom is -0.475 e. The van der Waals surface area contributed by atoms with Crippen molar-refractivity contribution < 1.29 is 60.5 Å². The van der Waals surface area contributed by atoms with E-state index in [1.54, 1.807) is 0 Å². The molecule has 0 aromatic heterocycles. The van der Waals surface area contributed by atoms with E-state index in [4.69, 9.17) is 31.3 Å². The quantitative estimate of drug-likeness (QED) is 0.285. The number of carboxylic acids is 2. The lowest BCUT2D eigenvalue weighted by Gasteiger charge is -2.08. The van der Waals surface area contributed by atoms with Crippen LogP contribution in [0.4, 0.5) is 26.3 Å². The molecule has 0 heterocycles. The van der Waals surface area contributed by atoms with Gasteiger partial charge in [0.2, 0.25) is 5.91 Å². The number of rotatable bonds is 4. The number of methoxy groups -OCH3 is 1. The van der Waals surface area contributed by atoms with Gasteiger partial charge in [-0.05, 0) is 0 Å². The lowest BCUT2D eigenvalue weighted by atomic mass is 10.3. The Morgan fingerprint density at radius 1 is 1.00 bits per heavy atom. The molecule has 0 aliphatic rings. The van der Waals surface area contributed by atoms with Gasteiger partial charge in [0.05, 0.1) is 13.2 Å². The van der Waals surface area contributed by atoms with Crippen LogP contribution < -0.4 is 16.8 Å². The number of hydrogen-bond donors (Lipinski definition) is 5. The predicted molar refractivity (Wildman–Crippen MR) is 69.4 cm³/mol. The molecular weight excluding hydrogens is 388 g/mol. The molecule has 7 N–H and O–H groups in total. The molecule has 0 spiro atoms. The number of carbonyl (C=O) groups is 4. The maximum atomic E-state index is 10.9. The Labute approximate surface area is 141 Å². The van der Waals surface area contributed by atoms with E-state index in [1.807, 2.05) is 0 Å². The summed E-state index contributed by atoms with van der Waals surface area (Å²) in [5.41, 5.74) is 10.4. The van der Waals surface area contributed by atoms with Crippen LogP contribution in [0.25, 0.3) is 0 Å². The zero-order valence-electron chi connectivity index (χ0n) is 12.8. The molecule has 10 nitrogen and oxygen atoms in total. The summed E-state index contributed by atoms with van der Waals surface area (Å²) in [5, 5.41) is 16.5. The average Bonchev–Trinajstić information content (AvgIpc) is 2.50. The van der Waals surface area contributed by atoms with Gasteiger partial charge in [0.25, 0.3) is 0 Å². The first kappa shape index (κ1) is 28.2. The van der Waals surface area contributed by atoms with Crippen molar-refractivity contribution >= 4 is 23.8 Å². The summed E-state index contributed by atoms with van der Waals surface area (Å²) in [4.78, 5) is 39.2. The Bertz CT molecular complexity index is 457. The second-order valence-electron chi connectivity index (χ2n) is 3.74. The number of amides is 1. The van der Waals surface area contributed by atoms with E-state index in [0.717, 1.165) is 0 Å². The lowest BCUT2D eigenvalue weighted by Crippen LogP contribution is -2.46. The van der Waals surface area contributed by atoms with Gasteiger partial charge in [0.1, 0.15) is 6.54 Å². The maximum absolute atomic E-state index is 10.9. The minimum atomic E-state index is -5.08. The first-order valence-corrected chi connectivity index (χ1v) is 5.91. The lowest BCUT2D eigenvalue weighted by molar-refractivity contribution is -0.193. The fourth-order valence-corrected chi connectivity index (χ4v) is 0.470. The van der Waals surface area contributed by atoms with E-state index in [0.29, 0.717) is 0 Å². The molecule has 0 fully saturated rings. The molecule has 0 radical (unpaired) electrons. The van der Waals surface area contributed by atoms with Crippen LogP contribution in [-0.4, -0.2) is 72.6 Å². The number of aliphatic carboxylic acids is 2. The van der Waals surface area contributed by atoms with E-state index < -0.39 is 42.2 Å². The van der Waals surface area contributed by atoms with Gasteiger partial charge in [-0.15, -0.1) is 0 Å². The fraction of sp³-hybridized carbons (Fsp3) is 0.600. The molecule has 0 saturated heterocycles. The van der Waals surface area contributed by atoms with Gasteiger partial charge >= 0.3 is 30.3 Å². The number of ether oxygens (including phenoxy) is 1. The van der Waals surface area contributed by atoms with Gasteiger partial charge in [0, 0.05) is 6.54 Å². The molecule has 0 aromatic rings. The van der Waals surface area contributed by atoms with Crippen LogP contribution in [0.2, 0.25) is 0 Å². The highest BCUT2D eigenvalue weighted by atomic mass is 19.4. The number of alkyl halides is 6. The van der Waals surface area contributed by atoms with Crippen LogP contribution in [0, 0.1) is 0 Å². The second-order valence-corrected chi connectivity index (χ2v) is 3.74. The highest BCUT2D eigenvalue weighted by Crippen LogP contribution is 2.13. The Morgan fingerprint density at radius 2 is 1.31 bits per heavy atom. The summed E-state index contributed by atoms with van der Waals surface area (Å²) in [7, 11) is 1.23. The zero-order valence-corrected chi connectivity index (χ0v) is 12.8. The third-order valence-electron chi connectivity index (χ3n) is 1.71. The standard InChI is InChI=1S/C6H13N3O3.2C2HF3O2/c1-12-5(10)3-9-6(11)4(8)2-7;2*3-2(4,5)1(6)7/h4H,2-3,7-8H2,1H3,(H,9,11);2*(H,6,7)/t4-;;/m0../s1. The molecule has 0 bridgehead atoms. The zero-order chi connectivity index (χ0) is 21.7. The topological polar surface area (TPSA) is 182 Å². The van der Waals surface area contributed by atoms with E-state index in [-0.39, 0.29) is 13.1 Å². The fourth-order valence-electron chi connectivity index (χ4n) is 0.470. The summed E-state index contributed by atoms with van der Waals surface area (Å²) in [5.74, 6) is -6.49. The van der Waals surface area contributed by atoms with Crippen molar-refractivity contribution in [2.75, 3.05) is 20.2 Å². The maximum Gasteiger partial charge on any atom is 0.490 e. The molecule has 1 amide bonds. The SMILES string of the molecule is COC(=O)CNC(=O)[C@@H](N)CN.O=C(O)C(F)(F)F.O=C(O)C(F)(F)F. The Hall–Kier alpha value is -2.62. The largest absolute Gasteiger partial charge is 0.490 e. The number of carboxylic acid groups (broad SMARTS) is 2. The number of esters is 1. The molecular formula is C10H15F6N3O7. The number of nitrogens with two attached hydrogens (primary N) is 2. The van der Waals surface area contributed by atoms with Crippen molar-refractivity contribution in [3.63, 3.8) is 0 Å². The normalized spacial score (nSPS) is 11.6. The van der Waals surface area contributed by atoms with Crippen molar-refractivity contribution in [2.24, 2.45) is 11.5 Å². The van der Waals surface area contributed by atoms with E-state index in [9.17, 15) is 35.9 Å². The number of hydrogen-bond acceptors (Lipinski definition) is 7. The van der Waals surface area contributed by atoms with Gasteiger partial charge in [-0.2, -0.15) is 26.3 Å². The summed E-state index contributed by atoms with van der Waals surface area (Å²) in [6, 6.07) is -0.769. The van der Waals surface area contributed by atoms with Crippen molar-refractivity contribution in [1.82, 2.24) is 5.32 Å². The molecule has 0 aliphatic carbocycles. The molecule has 154 valence electrons. The van der Waals surface area contributed by atoms with Crippen LogP contribution in [0.5, 0.6) is 0 Å². The van der Waals surface area contributed by atoms with Crippen LogP contribution in [0.3, 0.4) is 0 Å². The molecule has 0 unspecified atom stereocenters. The third-order valence-corrected chi connectivity index (χ3v) is 1.71. The smallest absolute Gasteiger partial charge is 0.475 e. The van der Waals surface area contributed by atoms with Gasteiger partial charge in [-0.3, -0.25) is 9.59 Å². The average molecular weight is 403 g/mol. The summed E-state index contributed by atoms with van der Waals surface area (Å²) in [6.45, 7) is -0.129. The second kappa shape index (κ2) is 12.7. The van der Waals surface area contributed by atoms with Crippen LogP contribution in [0.1, 0.15) is 0 Å². The van der Waals surface area contributed by atoms with E-state index in [1.165, 1.54) is 7.11 Å². The third kappa shape index (κ3) is 17.7. The number of nitrogens with one attached hydrogen (secondary N) is 1. The molecule has 0 aliphatic heterocycles. The van der Waals surface area contributed by atoms with Crippen LogP contribution in [0.15, 0.2) is 0 Å². The Morgan fingerprint density at radius 3 is 1.50 bits per heavy atom. The summed E-state index contributed by atoms with van der Waals surface area (Å²) >= 11 is 0. The molecule has 16 heteroatoms. The molecule has 1 atom stereocenters. The molecule has 0 saturated carbocycles. The van der Waals surface area contributed by atoms with Gasteiger partial charge < -0.3 is 31.7 Å². The van der Waals surface area contributed by atoms with Gasteiger partial charge in [-0.1, -0.05) is 0 Å². The number of carbonyl (C=O) groups excluding carboxylic acids is 2. The van der Waals surface area contributed by atoms with Gasteiger partial charge in [-0.25, -0.2) is 9.59 Å². The first-order valence-electron chi connectivity index (χ1n) is 5.91. The number of halogens is 6. The first-order chi connectivity index (χ1) is 11.5. The summed E-state index contributed by atoms with van der Waals surface area (Å²) in [6.07, 6.45) is -10.2.